The molecule has 1 aliphatic heterocycles. The van der Waals surface area contributed by atoms with Gasteiger partial charge in [-0.25, -0.2) is 0 Å². The Hall–Kier alpha value is -0.0400. The van der Waals surface area contributed by atoms with Gasteiger partial charge in [-0.2, -0.15) is 0 Å². The summed E-state index contributed by atoms with van der Waals surface area (Å²) in [6.07, 6.45) is 0. The van der Waals surface area contributed by atoms with Crippen molar-refractivity contribution in [1.82, 2.24) is 5.32 Å². The van der Waals surface area contributed by atoms with Gasteiger partial charge >= 0.3 is 0 Å². The van der Waals surface area contributed by atoms with Gasteiger partial charge in [0.25, 0.3) is 0 Å². The van der Waals surface area contributed by atoms with Crippen LogP contribution in [0.3, 0.4) is 0 Å². The van der Waals surface area contributed by atoms with E-state index in [4.69, 9.17) is 0 Å². The van der Waals surface area contributed by atoms with E-state index in [1.165, 1.54) is 13.1 Å². The van der Waals surface area contributed by atoms with E-state index in [1.54, 1.807) is 0 Å². The summed E-state index contributed by atoms with van der Waals surface area (Å²) in [5.74, 6) is 2.73. The Morgan fingerprint density at radius 2 is 1.78 bits per heavy atom. The predicted molar refractivity (Wildman–Crippen MR) is 40.4 cm³/mol. The Morgan fingerprint density at radius 3 is 1.89 bits per heavy atom. The van der Waals surface area contributed by atoms with Crippen LogP contribution in [0.4, 0.5) is 0 Å². The van der Waals surface area contributed by atoms with Crippen molar-refractivity contribution in [3.05, 3.63) is 0 Å². The Morgan fingerprint density at radius 1 is 1.22 bits per heavy atom. The molecule has 0 spiro atoms. The maximum absolute atomic E-state index is 3.30. The van der Waals surface area contributed by atoms with Crippen molar-refractivity contribution in [3.63, 3.8) is 0 Å². The molecule has 54 valence electrons. The Kier molecular flexibility index (Phi) is 2.12. The fourth-order valence-electron chi connectivity index (χ4n) is 1.23. The molecule has 1 saturated heterocycles. The average molecular weight is 127 g/mol. The lowest BCUT2D eigenvalue weighted by Gasteiger charge is -2.34. The molecule has 0 aromatic heterocycles. The first-order chi connectivity index (χ1) is 4.22. The van der Waals surface area contributed by atoms with Crippen LogP contribution in [-0.2, 0) is 0 Å². The summed E-state index contributed by atoms with van der Waals surface area (Å²) in [5, 5.41) is 3.30. The van der Waals surface area contributed by atoms with E-state index in [0.29, 0.717) is 0 Å². The van der Waals surface area contributed by atoms with Crippen molar-refractivity contribution < 1.29 is 0 Å². The zero-order chi connectivity index (χ0) is 6.85. The van der Waals surface area contributed by atoms with E-state index in [0.717, 1.165) is 17.8 Å². The molecule has 1 rings (SSSR count). The molecule has 0 aliphatic carbocycles. The smallest absolute Gasteiger partial charge is 0.000560 e. The lowest BCUT2D eigenvalue weighted by Crippen LogP contribution is -2.46. The second-order valence-corrected chi connectivity index (χ2v) is 3.52. The van der Waals surface area contributed by atoms with Crippen LogP contribution in [0.15, 0.2) is 0 Å². The Balaban J connectivity index is 2.23. The molecule has 0 radical (unpaired) electrons. The van der Waals surface area contributed by atoms with Gasteiger partial charge in [-0.1, -0.05) is 20.8 Å². The third kappa shape index (κ3) is 1.45. The van der Waals surface area contributed by atoms with E-state index >= 15 is 0 Å². The SMILES string of the molecule is CC(C)C(C)C1CNC1. The highest BCUT2D eigenvalue weighted by Crippen LogP contribution is 2.22. The minimum absolute atomic E-state index is 0.858. The molecule has 9 heavy (non-hydrogen) atoms. The molecular formula is C8H17N. The van der Waals surface area contributed by atoms with Crippen LogP contribution < -0.4 is 5.32 Å². The monoisotopic (exact) mass is 127 g/mol. The highest BCUT2D eigenvalue weighted by atomic mass is 14.9. The van der Waals surface area contributed by atoms with Crippen molar-refractivity contribution in [3.8, 4) is 0 Å². The van der Waals surface area contributed by atoms with Gasteiger partial charge in [-0.15, -0.1) is 0 Å². The van der Waals surface area contributed by atoms with Crippen LogP contribution in [0, 0.1) is 17.8 Å². The quantitative estimate of drug-likeness (QED) is 0.592. The lowest BCUT2D eigenvalue weighted by molar-refractivity contribution is 0.200. The summed E-state index contributed by atoms with van der Waals surface area (Å²) in [6.45, 7) is 9.47. The molecule has 0 bridgehead atoms. The van der Waals surface area contributed by atoms with Crippen LogP contribution in [0.1, 0.15) is 20.8 Å². The zero-order valence-corrected chi connectivity index (χ0v) is 6.65. The molecule has 1 heteroatoms. The standard InChI is InChI=1S/C8H17N/c1-6(2)7(3)8-4-9-5-8/h6-9H,4-5H2,1-3H3. The topological polar surface area (TPSA) is 12.0 Å². The first kappa shape index (κ1) is 7.07. The predicted octanol–water partition coefficient (Wildman–Crippen LogP) is 1.50. The normalized spacial score (nSPS) is 24.0. The van der Waals surface area contributed by atoms with Crippen molar-refractivity contribution in [2.24, 2.45) is 17.8 Å². The molecule has 1 atom stereocenters. The lowest BCUT2D eigenvalue weighted by atomic mass is 9.81. The van der Waals surface area contributed by atoms with Crippen LogP contribution in [0.5, 0.6) is 0 Å². The summed E-state index contributed by atoms with van der Waals surface area (Å²) in [6, 6.07) is 0. The van der Waals surface area contributed by atoms with E-state index in [1.807, 2.05) is 0 Å². The number of hydrogen-bond donors (Lipinski definition) is 1. The Labute approximate surface area is 57.8 Å². The summed E-state index contributed by atoms with van der Waals surface area (Å²) < 4.78 is 0. The number of rotatable bonds is 2. The first-order valence-corrected chi connectivity index (χ1v) is 3.92. The molecule has 1 aliphatic rings. The van der Waals surface area contributed by atoms with E-state index < -0.39 is 0 Å². The molecule has 0 aromatic rings. The third-order valence-electron chi connectivity index (χ3n) is 2.61. The second-order valence-electron chi connectivity index (χ2n) is 3.52. The van der Waals surface area contributed by atoms with Gasteiger partial charge in [0.2, 0.25) is 0 Å². The molecular weight excluding hydrogens is 110 g/mol. The molecule has 1 heterocycles. The van der Waals surface area contributed by atoms with Gasteiger partial charge in [0.1, 0.15) is 0 Å². The minimum Gasteiger partial charge on any atom is -0.316 e. The molecule has 1 N–H and O–H groups in total. The van der Waals surface area contributed by atoms with Crippen molar-refractivity contribution in [2.45, 2.75) is 20.8 Å². The maximum atomic E-state index is 3.30. The van der Waals surface area contributed by atoms with Gasteiger partial charge in [-0.05, 0) is 30.8 Å². The van der Waals surface area contributed by atoms with Gasteiger partial charge in [0.05, 0.1) is 0 Å². The molecule has 1 unspecified atom stereocenters. The van der Waals surface area contributed by atoms with Gasteiger partial charge < -0.3 is 5.32 Å². The average Bonchev–Trinajstić information content (AvgIpc) is 1.60. The van der Waals surface area contributed by atoms with E-state index in [2.05, 4.69) is 26.1 Å². The third-order valence-corrected chi connectivity index (χ3v) is 2.61. The zero-order valence-electron chi connectivity index (χ0n) is 6.65. The summed E-state index contributed by atoms with van der Waals surface area (Å²) in [5.41, 5.74) is 0. The highest BCUT2D eigenvalue weighted by molar-refractivity contribution is 4.80. The summed E-state index contributed by atoms with van der Waals surface area (Å²) in [7, 11) is 0. The van der Waals surface area contributed by atoms with Gasteiger partial charge in [-0.3, -0.25) is 0 Å². The van der Waals surface area contributed by atoms with Crippen molar-refractivity contribution >= 4 is 0 Å². The number of nitrogens with one attached hydrogen (secondary N) is 1. The fraction of sp³-hybridized carbons (Fsp3) is 1.00. The summed E-state index contributed by atoms with van der Waals surface area (Å²) >= 11 is 0. The van der Waals surface area contributed by atoms with Crippen molar-refractivity contribution in [2.75, 3.05) is 13.1 Å². The molecule has 0 saturated carbocycles. The first-order valence-electron chi connectivity index (χ1n) is 3.92. The molecule has 0 amide bonds. The molecule has 1 fully saturated rings. The van der Waals surface area contributed by atoms with Crippen molar-refractivity contribution in [1.29, 1.82) is 0 Å². The fourth-order valence-corrected chi connectivity index (χ4v) is 1.23. The largest absolute Gasteiger partial charge is 0.316 e. The maximum Gasteiger partial charge on any atom is -0.000560 e. The van der Waals surface area contributed by atoms with E-state index in [9.17, 15) is 0 Å². The molecule has 0 aromatic carbocycles. The van der Waals surface area contributed by atoms with Gasteiger partial charge in [0, 0.05) is 0 Å². The molecule has 1 nitrogen and oxygen atoms in total. The second kappa shape index (κ2) is 2.70. The Bertz CT molecular complexity index is 84.6. The van der Waals surface area contributed by atoms with Crippen LogP contribution >= 0.6 is 0 Å². The highest BCUT2D eigenvalue weighted by Gasteiger charge is 2.24. The summed E-state index contributed by atoms with van der Waals surface area (Å²) in [4.78, 5) is 0. The van der Waals surface area contributed by atoms with Gasteiger partial charge in [0.15, 0.2) is 0 Å². The van der Waals surface area contributed by atoms with Crippen LogP contribution in [0.25, 0.3) is 0 Å². The van der Waals surface area contributed by atoms with E-state index in [-0.39, 0.29) is 0 Å². The van der Waals surface area contributed by atoms with Crippen LogP contribution in [0.2, 0.25) is 0 Å². The minimum atomic E-state index is 0.858. The number of hydrogen-bond acceptors (Lipinski definition) is 1. The van der Waals surface area contributed by atoms with Crippen LogP contribution in [-0.4, -0.2) is 13.1 Å².